The highest BCUT2D eigenvalue weighted by molar-refractivity contribution is 6.16. The number of aromatic nitrogens is 3. The van der Waals surface area contributed by atoms with Crippen LogP contribution in [0.15, 0.2) is 30.7 Å². The van der Waals surface area contributed by atoms with Crippen molar-refractivity contribution in [3.05, 3.63) is 42.0 Å². The van der Waals surface area contributed by atoms with Crippen molar-refractivity contribution in [1.82, 2.24) is 15.0 Å². The molecule has 0 atom stereocenters. The SMILES string of the molecule is Cc1cnccc1-c1nccc(CCl)n1. The van der Waals surface area contributed by atoms with Gasteiger partial charge in [0, 0.05) is 24.2 Å². The van der Waals surface area contributed by atoms with E-state index in [0.717, 1.165) is 16.8 Å². The highest BCUT2D eigenvalue weighted by Gasteiger charge is 2.04. The van der Waals surface area contributed by atoms with Gasteiger partial charge in [-0.05, 0) is 24.6 Å². The van der Waals surface area contributed by atoms with E-state index in [0.29, 0.717) is 11.7 Å². The minimum Gasteiger partial charge on any atom is -0.264 e. The van der Waals surface area contributed by atoms with Crippen LogP contribution in [0.1, 0.15) is 11.3 Å². The number of hydrogen-bond donors (Lipinski definition) is 0. The lowest BCUT2D eigenvalue weighted by atomic mass is 10.1. The lowest BCUT2D eigenvalue weighted by Crippen LogP contribution is -1.94. The van der Waals surface area contributed by atoms with Crippen molar-refractivity contribution in [2.24, 2.45) is 0 Å². The second kappa shape index (κ2) is 4.36. The monoisotopic (exact) mass is 219 g/mol. The molecule has 15 heavy (non-hydrogen) atoms. The van der Waals surface area contributed by atoms with Gasteiger partial charge in [0.2, 0.25) is 0 Å². The fourth-order valence-corrected chi connectivity index (χ4v) is 1.47. The van der Waals surface area contributed by atoms with Crippen LogP contribution in [-0.2, 0) is 5.88 Å². The molecule has 0 aliphatic heterocycles. The van der Waals surface area contributed by atoms with Crippen molar-refractivity contribution >= 4 is 11.6 Å². The van der Waals surface area contributed by atoms with E-state index in [9.17, 15) is 0 Å². The van der Waals surface area contributed by atoms with E-state index in [1.54, 1.807) is 18.6 Å². The summed E-state index contributed by atoms with van der Waals surface area (Å²) >= 11 is 5.72. The van der Waals surface area contributed by atoms with Crippen LogP contribution in [0.3, 0.4) is 0 Å². The second-order valence-electron chi connectivity index (χ2n) is 3.20. The van der Waals surface area contributed by atoms with Crippen LogP contribution in [0, 0.1) is 6.92 Å². The zero-order chi connectivity index (χ0) is 10.7. The minimum absolute atomic E-state index is 0.402. The van der Waals surface area contributed by atoms with Gasteiger partial charge in [0.1, 0.15) is 0 Å². The summed E-state index contributed by atoms with van der Waals surface area (Å²) in [5.74, 6) is 1.10. The van der Waals surface area contributed by atoms with Gasteiger partial charge in [-0.15, -0.1) is 11.6 Å². The lowest BCUT2D eigenvalue weighted by Gasteiger charge is -2.03. The number of nitrogens with zero attached hydrogens (tertiary/aromatic N) is 3. The molecule has 0 aliphatic rings. The third-order valence-electron chi connectivity index (χ3n) is 2.11. The molecule has 0 saturated heterocycles. The van der Waals surface area contributed by atoms with Crippen LogP contribution in [0.25, 0.3) is 11.4 Å². The molecule has 2 aromatic rings. The molecule has 2 rings (SSSR count). The number of aryl methyl sites for hydroxylation is 1. The van der Waals surface area contributed by atoms with Crippen LogP contribution in [0.2, 0.25) is 0 Å². The van der Waals surface area contributed by atoms with Crippen LogP contribution in [0.5, 0.6) is 0 Å². The zero-order valence-corrected chi connectivity index (χ0v) is 9.07. The van der Waals surface area contributed by atoms with Gasteiger partial charge in [-0.3, -0.25) is 4.98 Å². The molecule has 0 saturated carbocycles. The van der Waals surface area contributed by atoms with Gasteiger partial charge in [-0.25, -0.2) is 9.97 Å². The first kappa shape index (κ1) is 10.1. The average molecular weight is 220 g/mol. The Bertz CT molecular complexity index is 471. The van der Waals surface area contributed by atoms with E-state index < -0.39 is 0 Å². The van der Waals surface area contributed by atoms with Gasteiger partial charge in [0.15, 0.2) is 5.82 Å². The molecule has 0 aliphatic carbocycles. The zero-order valence-electron chi connectivity index (χ0n) is 8.31. The van der Waals surface area contributed by atoms with Crippen molar-refractivity contribution < 1.29 is 0 Å². The van der Waals surface area contributed by atoms with Crippen molar-refractivity contribution in [2.45, 2.75) is 12.8 Å². The normalized spacial score (nSPS) is 10.3. The Morgan fingerprint density at radius 2 is 2.13 bits per heavy atom. The Labute approximate surface area is 93.2 Å². The molecule has 0 spiro atoms. The van der Waals surface area contributed by atoms with E-state index in [1.165, 1.54) is 0 Å². The standard InChI is InChI=1S/C11H10ClN3/c1-8-7-13-4-3-10(8)11-14-5-2-9(6-12)15-11/h2-5,7H,6H2,1H3. The molecule has 0 unspecified atom stereocenters. The van der Waals surface area contributed by atoms with Gasteiger partial charge in [-0.2, -0.15) is 0 Å². The summed E-state index contributed by atoms with van der Waals surface area (Å²) < 4.78 is 0. The molecule has 4 heteroatoms. The second-order valence-corrected chi connectivity index (χ2v) is 3.46. The van der Waals surface area contributed by atoms with Crippen LogP contribution < -0.4 is 0 Å². The van der Waals surface area contributed by atoms with Crippen LogP contribution in [-0.4, -0.2) is 15.0 Å². The minimum atomic E-state index is 0.402. The highest BCUT2D eigenvalue weighted by Crippen LogP contribution is 2.18. The average Bonchev–Trinajstić information content (AvgIpc) is 2.30. The number of alkyl halides is 1. The molecule has 0 radical (unpaired) electrons. The fourth-order valence-electron chi connectivity index (χ4n) is 1.32. The maximum atomic E-state index is 5.72. The van der Waals surface area contributed by atoms with Gasteiger partial charge in [-0.1, -0.05) is 0 Å². The van der Waals surface area contributed by atoms with Crippen molar-refractivity contribution in [3.63, 3.8) is 0 Å². The first-order chi connectivity index (χ1) is 7.31. The number of rotatable bonds is 2. The van der Waals surface area contributed by atoms with E-state index in [-0.39, 0.29) is 0 Å². The van der Waals surface area contributed by atoms with Gasteiger partial charge < -0.3 is 0 Å². The molecule has 3 nitrogen and oxygen atoms in total. The predicted octanol–water partition coefficient (Wildman–Crippen LogP) is 2.59. The molecular weight excluding hydrogens is 210 g/mol. The molecule has 76 valence electrons. The topological polar surface area (TPSA) is 38.7 Å². The van der Waals surface area contributed by atoms with Crippen molar-refractivity contribution in [3.8, 4) is 11.4 Å². The number of halogens is 1. The fraction of sp³-hybridized carbons (Fsp3) is 0.182. The summed E-state index contributed by atoms with van der Waals surface area (Å²) in [6, 6.07) is 3.72. The Morgan fingerprint density at radius 1 is 1.27 bits per heavy atom. The van der Waals surface area contributed by atoms with Crippen molar-refractivity contribution in [2.75, 3.05) is 0 Å². The summed E-state index contributed by atoms with van der Waals surface area (Å²) in [6.07, 6.45) is 5.26. The van der Waals surface area contributed by atoms with E-state index in [1.807, 2.05) is 19.1 Å². The molecule has 2 heterocycles. The Morgan fingerprint density at radius 3 is 2.87 bits per heavy atom. The predicted molar refractivity (Wildman–Crippen MR) is 59.6 cm³/mol. The van der Waals surface area contributed by atoms with Gasteiger partial charge in [0.25, 0.3) is 0 Å². The van der Waals surface area contributed by atoms with Crippen LogP contribution >= 0.6 is 11.6 Å². The molecule has 0 amide bonds. The maximum absolute atomic E-state index is 5.72. The summed E-state index contributed by atoms with van der Waals surface area (Å²) in [5.41, 5.74) is 2.89. The third-order valence-corrected chi connectivity index (χ3v) is 2.39. The summed E-state index contributed by atoms with van der Waals surface area (Å²) in [4.78, 5) is 12.6. The third kappa shape index (κ3) is 2.13. The molecular formula is C11H10ClN3. The number of hydrogen-bond acceptors (Lipinski definition) is 3. The maximum Gasteiger partial charge on any atom is 0.159 e. The Hall–Kier alpha value is -1.48. The first-order valence-electron chi connectivity index (χ1n) is 4.60. The Balaban J connectivity index is 2.49. The molecule has 2 aromatic heterocycles. The highest BCUT2D eigenvalue weighted by atomic mass is 35.5. The van der Waals surface area contributed by atoms with Crippen molar-refractivity contribution in [1.29, 1.82) is 0 Å². The first-order valence-corrected chi connectivity index (χ1v) is 5.13. The lowest BCUT2D eigenvalue weighted by molar-refractivity contribution is 1.08. The number of pyridine rings is 1. The molecule has 0 fully saturated rings. The van der Waals surface area contributed by atoms with Crippen LogP contribution in [0.4, 0.5) is 0 Å². The summed E-state index contributed by atoms with van der Waals surface area (Å²) in [6.45, 7) is 1.99. The summed E-state index contributed by atoms with van der Waals surface area (Å²) in [7, 11) is 0. The Kier molecular flexibility index (Phi) is 2.92. The van der Waals surface area contributed by atoms with Gasteiger partial charge >= 0.3 is 0 Å². The van der Waals surface area contributed by atoms with E-state index in [2.05, 4.69) is 15.0 Å². The molecule has 0 bridgehead atoms. The smallest absolute Gasteiger partial charge is 0.159 e. The van der Waals surface area contributed by atoms with E-state index >= 15 is 0 Å². The van der Waals surface area contributed by atoms with Gasteiger partial charge in [0.05, 0.1) is 11.6 Å². The molecule has 0 aromatic carbocycles. The molecule has 0 N–H and O–H groups in total. The quantitative estimate of drug-likeness (QED) is 0.729. The van der Waals surface area contributed by atoms with E-state index in [4.69, 9.17) is 11.6 Å². The summed E-state index contributed by atoms with van der Waals surface area (Å²) in [5, 5.41) is 0. The largest absolute Gasteiger partial charge is 0.264 e.